The predicted molar refractivity (Wildman–Crippen MR) is 99.8 cm³/mol. The van der Waals surface area contributed by atoms with Crippen molar-refractivity contribution in [2.75, 3.05) is 0 Å². The average Bonchev–Trinajstić information content (AvgIpc) is 2.91. The molecule has 3 atom stereocenters. The fourth-order valence-corrected chi connectivity index (χ4v) is 4.52. The van der Waals surface area contributed by atoms with Gasteiger partial charge in [-0.2, -0.15) is 0 Å². The Kier molecular flexibility index (Phi) is 5.26. The minimum absolute atomic E-state index is 0.0532. The molecule has 0 unspecified atom stereocenters. The second kappa shape index (κ2) is 7.21. The molecule has 0 amide bonds. The van der Waals surface area contributed by atoms with Crippen LogP contribution in [0.15, 0.2) is 30.4 Å². The minimum atomic E-state index is 0.0532. The van der Waals surface area contributed by atoms with Crippen molar-refractivity contribution in [1.29, 1.82) is 0 Å². The van der Waals surface area contributed by atoms with Crippen LogP contribution in [0.25, 0.3) is 0 Å². The highest BCUT2D eigenvalue weighted by atomic mass is 14.7. The lowest BCUT2D eigenvalue weighted by atomic mass is 9.80. The molecule has 1 heteroatoms. The van der Waals surface area contributed by atoms with Crippen LogP contribution in [-0.2, 0) is 12.8 Å². The third-order valence-electron chi connectivity index (χ3n) is 5.95. The number of nitrogens with two attached hydrogens (primary N) is 1. The van der Waals surface area contributed by atoms with Gasteiger partial charge in [0.2, 0.25) is 0 Å². The van der Waals surface area contributed by atoms with Crippen LogP contribution in [0.4, 0.5) is 0 Å². The van der Waals surface area contributed by atoms with Crippen LogP contribution in [0.1, 0.15) is 81.4 Å². The summed E-state index contributed by atoms with van der Waals surface area (Å²) < 4.78 is 0. The van der Waals surface area contributed by atoms with Gasteiger partial charge in [0.15, 0.2) is 0 Å². The molecular formula is C22H33N. The number of rotatable bonds is 5. The van der Waals surface area contributed by atoms with Gasteiger partial charge in [-0.1, -0.05) is 37.3 Å². The number of hydrogen-bond donors (Lipinski definition) is 1. The maximum Gasteiger partial charge on any atom is 0.0131 e. The Morgan fingerprint density at radius 2 is 2.09 bits per heavy atom. The molecule has 0 heterocycles. The molecule has 1 aromatic rings. The van der Waals surface area contributed by atoms with Gasteiger partial charge in [-0.3, -0.25) is 0 Å². The van der Waals surface area contributed by atoms with Gasteiger partial charge in [0, 0.05) is 5.54 Å². The lowest BCUT2D eigenvalue weighted by molar-refractivity contribution is 0.430. The Bertz CT molecular complexity index is 555. The molecule has 1 saturated carbocycles. The molecule has 126 valence electrons. The monoisotopic (exact) mass is 311 g/mol. The molecule has 3 rings (SSSR count). The summed E-state index contributed by atoms with van der Waals surface area (Å²) in [6, 6.07) is 7.32. The Hall–Kier alpha value is -1.08. The van der Waals surface area contributed by atoms with E-state index in [2.05, 4.69) is 44.2 Å². The van der Waals surface area contributed by atoms with E-state index in [1.165, 1.54) is 51.4 Å². The maximum atomic E-state index is 6.32. The standard InChI is InChI=1S/C22H33N/c1-3-4-5-6-7-17-8-9-19-15-20(11-10-18(19)14-17)21-12-13-22(2,23)16-21/h4-5,10-11,15,17,21H,3,6-9,12-14,16,23H2,1-2H3/b5-4-/t17-,21-,22+/m0/s1. The van der Waals surface area contributed by atoms with Crippen LogP contribution >= 0.6 is 0 Å². The molecule has 1 aromatic carbocycles. The highest BCUT2D eigenvalue weighted by Crippen LogP contribution is 2.40. The summed E-state index contributed by atoms with van der Waals surface area (Å²) in [5, 5.41) is 0. The van der Waals surface area contributed by atoms with Gasteiger partial charge in [0.05, 0.1) is 0 Å². The van der Waals surface area contributed by atoms with E-state index in [9.17, 15) is 0 Å². The topological polar surface area (TPSA) is 26.0 Å². The summed E-state index contributed by atoms with van der Waals surface area (Å²) >= 11 is 0. The third kappa shape index (κ3) is 4.26. The van der Waals surface area contributed by atoms with E-state index in [-0.39, 0.29) is 5.54 Å². The van der Waals surface area contributed by atoms with Crippen LogP contribution < -0.4 is 5.73 Å². The predicted octanol–water partition coefficient (Wildman–Crippen LogP) is 5.52. The van der Waals surface area contributed by atoms with Crippen molar-refractivity contribution < 1.29 is 0 Å². The van der Waals surface area contributed by atoms with Gasteiger partial charge in [-0.05, 0) is 93.2 Å². The molecule has 2 aliphatic rings. The summed E-state index contributed by atoms with van der Waals surface area (Å²) in [6.45, 7) is 4.42. The molecular weight excluding hydrogens is 278 g/mol. The van der Waals surface area contributed by atoms with E-state index in [0.717, 1.165) is 12.3 Å². The first-order chi connectivity index (χ1) is 11.1. The summed E-state index contributed by atoms with van der Waals surface area (Å²) in [4.78, 5) is 0. The van der Waals surface area contributed by atoms with E-state index < -0.39 is 0 Å². The first-order valence-electron chi connectivity index (χ1n) is 9.63. The number of hydrogen-bond acceptors (Lipinski definition) is 1. The fraction of sp³-hybridized carbons (Fsp3) is 0.636. The molecule has 2 N–H and O–H groups in total. The van der Waals surface area contributed by atoms with E-state index in [4.69, 9.17) is 5.73 Å². The SMILES string of the molecule is CC/C=C\CC[C@H]1CCc2cc([C@H]3CC[C@@](C)(N)C3)ccc2C1. The van der Waals surface area contributed by atoms with E-state index >= 15 is 0 Å². The van der Waals surface area contributed by atoms with Gasteiger partial charge in [0.25, 0.3) is 0 Å². The molecule has 0 bridgehead atoms. The highest BCUT2D eigenvalue weighted by Gasteiger charge is 2.32. The smallest absolute Gasteiger partial charge is 0.0131 e. The first kappa shape index (κ1) is 16.8. The van der Waals surface area contributed by atoms with Crippen molar-refractivity contribution in [2.45, 2.75) is 83.1 Å². The van der Waals surface area contributed by atoms with Gasteiger partial charge in [0.1, 0.15) is 0 Å². The Balaban J connectivity index is 1.61. The first-order valence-corrected chi connectivity index (χ1v) is 9.63. The molecule has 0 radical (unpaired) electrons. The Morgan fingerprint density at radius 1 is 1.22 bits per heavy atom. The van der Waals surface area contributed by atoms with E-state index in [1.54, 1.807) is 16.7 Å². The summed E-state index contributed by atoms with van der Waals surface area (Å²) in [5.41, 5.74) is 11.1. The number of aryl methyl sites for hydroxylation is 1. The maximum absolute atomic E-state index is 6.32. The highest BCUT2D eigenvalue weighted by molar-refractivity contribution is 5.36. The number of benzene rings is 1. The van der Waals surface area contributed by atoms with E-state index in [0.29, 0.717) is 5.92 Å². The number of fused-ring (bicyclic) bond motifs is 1. The Morgan fingerprint density at radius 3 is 2.83 bits per heavy atom. The summed E-state index contributed by atoms with van der Waals surface area (Å²) in [6.07, 6.45) is 16.0. The fourth-order valence-electron chi connectivity index (χ4n) is 4.52. The Labute approximate surface area is 142 Å². The van der Waals surface area contributed by atoms with Gasteiger partial charge in [-0.25, -0.2) is 0 Å². The van der Waals surface area contributed by atoms with Gasteiger partial charge < -0.3 is 5.73 Å². The summed E-state index contributed by atoms with van der Waals surface area (Å²) in [5.74, 6) is 1.57. The molecule has 1 fully saturated rings. The minimum Gasteiger partial charge on any atom is -0.325 e. The van der Waals surface area contributed by atoms with Crippen LogP contribution in [0.3, 0.4) is 0 Å². The summed E-state index contributed by atoms with van der Waals surface area (Å²) in [7, 11) is 0. The zero-order chi connectivity index (χ0) is 16.3. The van der Waals surface area contributed by atoms with Crippen molar-refractivity contribution in [3.05, 3.63) is 47.0 Å². The van der Waals surface area contributed by atoms with Crippen molar-refractivity contribution in [3.63, 3.8) is 0 Å². The van der Waals surface area contributed by atoms with E-state index in [1.807, 2.05) is 0 Å². The average molecular weight is 312 g/mol. The van der Waals surface area contributed by atoms with Crippen LogP contribution in [-0.4, -0.2) is 5.54 Å². The lowest BCUT2D eigenvalue weighted by Gasteiger charge is -2.26. The zero-order valence-electron chi connectivity index (χ0n) is 15.0. The molecule has 23 heavy (non-hydrogen) atoms. The molecule has 0 saturated heterocycles. The largest absolute Gasteiger partial charge is 0.325 e. The third-order valence-corrected chi connectivity index (χ3v) is 5.95. The molecule has 0 aliphatic heterocycles. The van der Waals surface area contributed by atoms with Crippen molar-refractivity contribution in [1.82, 2.24) is 0 Å². The van der Waals surface area contributed by atoms with Gasteiger partial charge >= 0.3 is 0 Å². The van der Waals surface area contributed by atoms with Gasteiger partial charge in [-0.15, -0.1) is 0 Å². The van der Waals surface area contributed by atoms with Crippen LogP contribution in [0.5, 0.6) is 0 Å². The van der Waals surface area contributed by atoms with Crippen molar-refractivity contribution in [3.8, 4) is 0 Å². The second-order valence-electron chi connectivity index (χ2n) is 8.19. The van der Waals surface area contributed by atoms with Crippen LogP contribution in [0.2, 0.25) is 0 Å². The van der Waals surface area contributed by atoms with Crippen molar-refractivity contribution >= 4 is 0 Å². The molecule has 1 nitrogen and oxygen atoms in total. The second-order valence-corrected chi connectivity index (χ2v) is 8.19. The normalized spacial score (nSPS) is 30.7. The zero-order valence-corrected chi connectivity index (χ0v) is 15.0. The van der Waals surface area contributed by atoms with Crippen molar-refractivity contribution in [2.24, 2.45) is 11.7 Å². The van der Waals surface area contributed by atoms with Crippen LogP contribution in [0, 0.1) is 5.92 Å². The number of allylic oxidation sites excluding steroid dienone is 2. The lowest BCUT2D eigenvalue weighted by Crippen LogP contribution is -2.32. The molecule has 2 aliphatic carbocycles. The quantitative estimate of drug-likeness (QED) is 0.712. The molecule has 0 spiro atoms. The molecule has 0 aromatic heterocycles.